The van der Waals surface area contributed by atoms with E-state index in [-0.39, 0.29) is 5.69 Å². The Labute approximate surface area is 152 Å². The lowest BCUT2D eigenvalue weighted by atomic mass is 10.2. The second kappa shape index (κ2) is 8.11. The zero-order chi connectivity index (χ0) is 18.4. The van der Waals surface area contributed by atoms with Crippen LogP contribution in [0, 0.1) is 6.92 Å². The van der Waals surface area contributed by atoms with E-state index >= 15 is 0 Å². The van der Waals surface area contributed by atoms with Crippen molar-refractivity contribution in [3.63, 3.8) is 0 Å². The van der Waals surface area contributed by atoms with Crippen molar-refractivity contribution in [2.75, 3.05) is 17.2 Å². The number of nitrogens with one attached hydrogen (secondary N) is 2. The van der Waals surface area contributed by atoms with Crippen LogP contribution in [-0.4, -0.2) is 22.8 Å². The first kappa shape index (κ1) is 17.4. The van der Waals surface area contributed by atoms with Crippen LogP contribution in [0.25, 0.3) is 0 Å². The summed E-state index contributed by atoms with van der Waals surface area (Å²) in [6.45, 7) is 4.11. The predicted octanol–water partition coefficient (Wildman–Crippen LogP) is 4.45. The van der Waals surface area contributed by atoms with Gasteiger partial charge in [0.2, 0.25) is 0 Å². The molecule has 26 heavy (non-hydrogen) atoms. The van der Waals surface area contributed by atoms with Gasteiger partial charge in [0.1, 0.15) is 0 Å². The molecule has 0 saturated carbocycles. The molecule has 0 amide bonds. The summed E-state index contributed by atoms with van der Waals surface area (Å²) in [4.78, 5) is 11.6. The first-order valence-electron chi connectivity index (χ1n) is 8.36. The molecule has 2 aromatic carbocycles. The molecule has 0 bridgehead atoms. The summed E-state index contributed by atoms with van der Waals surface area (Å²) < 4.78 is 4.91. The number of para-hydroxylation sites is 2. The van der Waals surface area contributed by atoms with E-state index < -0.39 is 5.97 Å². The van der Waals surface area contributed by atoms with Crippen molar-refractivity contribution < 1.29 is 9.53 Å². The fraction of sp³-hybridized carbons (Fsp3) is 0.150. The minimum atomic E-state index is -0.479. The Bertz CT molecular complexity index is 877. The minimum Gasteiger partial charge on any atom is -0.461 e. The Kier molecular flexibility index (Phi) is 5.43. The maximum Gasteiger partial charge on any atom is 0.358 e. The van der Waals surface area contributed by atoms with Crippen LogP contribution in [0.4, 0.5) is 22.9 Å². The standard InChI is InChI=1S/C20H20N4O2/c1-3-26-20(25)18-12-13-19(24-23-18)22-17-7-5-4-6-16(17)21-15-10-8-14(2)9-11-15/h4-13,21H,3H2,1-2H3,(H,22,24). The van der Waals surface area contributed by atoms with Gasteiger partial charge in [0, 0.05) is 5.69 Å². The first-order valence-corrected chi connectivity index (χ1v) is 8.36. The minimum absolute atomic E-state index is 0.184. The molecule has 2 N–H and O–H groups in total. The lowest BCUT2D eigenvalue weighted by molar-refractivity contribution is 0.0518. The maximum atomic E-state index is 11.6. The molecule has 0 aliphatic rings. The molecule has 0 aliphatic heterocycles. The molecular weight excluding hydrogens is 328 g/mol. The number of nitrogens with zero attached hydrogens (tertiary/aromatic N) is 2. The molecule has 0 saturated heterocycles. The fourth-order valence-electron chi connectivity index (χ4n) is 2.34. The number of esters is 1. The summed E-state index contributed by atoms with van der Waals surface area (Å²) in [6.07, 6.45) is 0. The van der Waals surface area contributed by atoms with E-state index in [0.717, 1.165) is 17.1 Å². The van der Waals surface area contributed by atoms with Gasteiger partial charge in [-0.15, -0.1) is 10.2 Å². The average molecular weight is 348 g/mol. The van der Waals surface area contributed by atoms with Gasteiger partial charge in [-0.3, -0.25) is 0 Å². The quantitative estimate of drug-likeness (QED) is 0.641. The molecule has 0 radical (unpaired) electrons. The average Bonchev–Trinajstić information content (AvgIpc) is 2.66. The summed E-state index contributed by atoms with van der Waals surface area (Å²) in [5.74, 6) is 0.0594. The van der Waals surface area contributed by atoms with Crippen LogP contribution in [0.15, 0.2) is 60.7 Å². The van der Waals surface area contributed by atoms with Crippen molar-refractivity contribution in [1.29, 1.82) is 0 Å². The van der Waals surface area contributed by atoms with Gasteiger partial charge in [-0.2, -0.15) is 0 Å². The molecule has 0 aliphatic carbocycles. The summed E-state index contributed by atoms with van der Waals surface area (Å²) >= 11 is 0. The Morgan fingerprint density at radius 1 is 0.923 bits per heavy atom. The monoisotopic (exact) mass is 348 g/mol. The third-order valence-corrected chi connectivity index (χ3v) is 3.67. The highest BCUT2D eigenvalue weighted by atomic mass is 16.5. The van der Waals surface area contributed by atoms with Crippen molar-refractivity contribution in [3.8, 4) is 0 Å². The van der Waals surface area contributed by atoms with E-state index in [4.69, 9.17) is 4.74 Å². The van der Waals surface area contributed by atoms with Gasteiger partial charge in [-0.1, -0.05) is 29.8 Å². The van der Waals surface area contributed by atoms with Crippen LogP contribution in [-0.2, 0) is 4.74 Å². The van der Waals surface area contributed by atoms with Gasteiger partial charge in [0.15, 0.2) is 11.5 Å². The molecule has 0 atom stereocenters. The van der Waals surface area contributed by atoms with Crippen molar-refractivity contribution in [2.45, 2.75) is 13.8 Å². The summed E-state index contributed by atoms with van der Waals surface area (Å²) in [5, 5.41) is 14.6. The molecule has 3 rings (SSSR count). The van der Waals surface area contributed by atoms with E-state index in [1.165, 1.54) is 5.56 Å². The van der Waals surface area contributed by atoms with Crippen molar-refractivity contribution >= 4 is 28.8 Å². The fourth-order valence-corrected chi connectivity index (χ4v) is 2.34. The Hall–Kier alpha value is -3.41. The van der Waals surface area contributed by atoms with Gasteiger partial charge in [-0.25, -0.2) is 4.79 Å². The van der Waals surface area contributed by atoms with Gasteiger partial charge in [0.05, 0.1) is 18.0 Å². The molecule has 3 aromatic rings. The highest BCUT2D eigenvalue weighted by Gasteiger charge is 2.09. The lowest BCUT2D eigenvalue weighted by Crippen LogP contribution is -2.08. The van der Waals surface area contributed by atoms with E-state index in [1.54, 1.807) is 19.1 Å². The number of carbonyl (C=O) groups excluding carboxylic acids is 1. The topological polar surface area (TPSA) is 76.1 Å². The zero-order valence-corrected chi connectivity index (χ0v) is 14.7. The molecule has 0 unspecified atom stereocenters. The molecule has 1 heterocycles. The number of hydrogen-bond acceptors (Lipinski definition) is 6. The normalized spacial score (nSPS) is 10.2. The van der Waals surface area contributed by atoms with Crippen LogP contribution in [0.5, 0.6) is 0 Å². The highest BCUT2D eigenvalue weighted by Crippen LogP contribution is 2.27. The number of hydrogen-bond donors (Lipinski definition) is 2. The van der Waals surface area contributed by atoms with Crippen LogP contribution in [0.2, 0.25) is 0 Å². The molecule has 6 heteroatoms. The number of aromatic nitrogens is 2. The van der Waals surface area contributed by atoms with Gasteiger partial charge < -0.3 is 15.4 Å². The van der Waals surface area contributed by atoms with Gasteiger partial charge in [0.25, 0.3) is 0 Å². The van der Waals surface area contributed by atoms with Crippen molar-refractivity contribution in [3.05, 3.63) is 71.9 Å². The number of aryl methyl sites for hydroxylation is 1. The van der Waals surface area contributed by atoms with E-state index in [0.29, 0.717) is 12.4 Å². The second-order valence-electron chi connectivity index (χ2n) is 5.69. The molecular formula is C20H20N4O2. The zero-order valence-electron chi connectivity index (χ0n) is 14.7. The van der Waals surface area contributed by atoms with Crippen LogP contribution in [0.1, 0.15) is 23.0 Å². The van der Waals surface area contributed by atoms with Crippen LogP contribution < -0.4 is 10.6 Å². The Morgan fingerprint density at radius 3 is 2.23 bits per heavy atom. The molecule has 0 spiro atoms. The first-order chi connectivity index (χ1) is 12.7. The number of ether oxygens (including phenoxy) is 1. The van der Waals surface area contributed by atoms with Gasteiger partial charge in [-0.05, 0) is 50.2 Å². The second-order valence-corrected chi connectivity index (χ2v) is 5.69. The van der Waals surface area contributed by atoms with Crippen LogP contribution >= 0.6 is 0 Å². The molecule has 0 fully saturated rings. The Balaban J connectivity index is 1.75. The maximum absolute atomic E-state index is 11.6. The summed E-state index contributed by atoms with van der Waals surface area (Å²) in [7, 11) is 0. The van der Waals surface area contributed by atoms with Gasteiger partial charge >= 0.3 is 5.97 Å². The number of anilines is 4. The third-order valence-electron chi connectivity index (χ3n) is 3.67. The largest absolute Gasteiger partial charge is 0.461 e. The molecule has 1 aromatic heterocycles. The highest BCUT2D eigenvalue weighted by molar-refractivity contribution is 5.87. The van der Waals surface area contributed by atoms with Crippen LogP contribution in [0.3, 0.4) is 0 Å². The van der Waals surface area contributed by atoms with E-state index in [1.807, 2.05) is 36.4 Å². The van der Waals surface area contributed by atoms with Crippen molar-refractivity contribution in [1.82, 2.24) is 10.2 Å². The number of carbonyl (C=O) groups is 1. The summed E-state index contributed by atoms with van der Waals surface area (Å²) in [6, 6.07) is 19.3. The SMILES string of the molecule is CCOC(=O)c1ccc(Nc2ccccc2Nc2ccc(C)cc2)nn1. The summed E-state index contributed by atoms with van der Waals surface area (Å²) in [5.41, 5.74) is 4.15. The van der Waals surface area contributed by atoms with Crippen molar-refractivity contribution in [2.24, 2.45) is 0 Å². The van der Waals surface area contributed by atoms with E-state index in [9.17, 15) is 4.79 Å². The number of rotatable bonds is 6. The molecule has 6 nitrogen and oxygen atoms in total. The number of benzene rings is 2. The molecule has 132 valence electrons. The third kappa shape index (κ3) is 4.36. The Morgan fingerprint density at radius 2 is 1.62 bits per heavy atom. The van der Waals surface area contributed by atoms with E-state index in [2.05, 4.69) is 39.9 Å². The predicted molar refractivity (Wildman–Crippen MR) is 102 cm³/mol. The smallest absolute Gasteiger partial charge is 0.358 e. The lowest BCUT2D eigenvalue weighted by Gasteiger charge is -2.13.